The van der Waals surface area contributed by atoms with E-state index in [0.29, 0.717) is 11.4 Å². The van der Waals surface area contributed by atoms with Crippen molar-refractivity contribution in [2.45, 2.75) is 11.8 Å². The molecule has 0 radical (unpaired) electrons. The quantitative estimate of drug-likeness (QED) is 0.745. The number of aromatic nitrogens is 2. The maximum Gasteiger partial charge on any atom is 0.295 e. The molecule has 0 aliphatic carbocycles. The van der Waals surface area contributed by atoms with Gasteiger partial charge in [0.05, 0.1) is 16.3 Å². The van der Waals surface area contributed by atoms with Crippen LogP contribution in [-0.2, 0) is 16.9 Å². The number of nitrogens with zero attached hydrogens (tertiary/aromatic N) is 2. The smallest absolute Gasteiger partial charge is 0.295 e. The van der Waals surface area contributed by atoms with Crippen molar-refractivity contribution in [3.8, 4) is 5.69 Å². The Morgan fingerprint density at radius 1 is 1.00 bits per heavy atom. The van der Waals surface area contributed by atoms with Gasteiger partial charge in [-0.3, -0.25) is 14.3 Å². The normalized spacial score (nSPS) is 11.4. The van der Waals surface area contributed by atoms with Crippen LogP contribution in [0.1, 0.15) is 16.1 Å². The first-order chi connectivity index (χ1) is 12.7. The van der Waals surface area contributed by atoms with Gasteiger partial charge in [0.15, 0.2) is 9.84 Å². The van der Waals surface area contributed by atoms with Crippen molar-refractivity contribution in [3.63, 3.8) is 0 Å². The van der Waals surface area contributed by atoms with E-state index in [1.807, 2.05) is 18.2 Å². The number of carbonyl (C=O) groups excluding carboxylic acids is 1. The predicted molar refractivity (Wildman–Crippen MR) is 103 cm³/mol. The minimum absolute atomic E-state index is 0.126. The average molecular weight is 385 g/mol. The van der Waals surface area contributed by atoms with E-state index in [-0.39, 0.29) is 21.7 Å². The van der Waals surface area contributed by atoms with Crippen LogP contribution in [-0.4, -0.2) is 29.9 Å². The average Bonchev–Trinajstić information content (AvgIpc) is 2.85. The summed E-state index contributed by atoms with van der Waals surface area (Å²) in [5.74, 6) is -0.485. The molecule has 1 heterocycles. The topological polar surface area (TPSA) is 90.2 Å². The van der Waals surface area contributed by atoms with Gasteiger partial charge in [-0.15, -0.1) is 0 Å². The van der Waals surface area contributed by atoms with E-state index in [4.69, 9.17) is 0 Å². The first-order valence-corrected chi connectivity index (χ1v) is 10.0. The molecule has 0 aliphatic heterocycles. The molecule has 140 valence electrons. The van der Waals surface area contributed by atoms with Crippen molar-refractivity contribution in [3.05, 3.63) is 76.2 Å². The molecule has 0 saturated carbocycles. The molecule has 8 heteroatoms. The second-order valence-electron chi connectivity index (χ2n) is 6.19. The Morgan fingerprint density at radius 2 is 1.59 bits per heavy atom. The summed E-state index contributed by atoms with van der Waals surface area (Å²) >= 11 is 0. The molecule has 0 saturated heterocycles. The van der Waals surface area contributed by atoms with E-state index < -0.39 is 15.7 Å². The summed E-state index contributed by atoms with van der Waals surface area (Å²) in [5.41, 5.74) is 1.38. The molecule has 7 nitrogen and oxygen atoms in total. The van der Waals surface area contributed by atoms with E-state index in [9.17, 15) is 18.0 Å². The Morgan fingerprint density at radius 3 is 2.15 bits per heavy atom. The molecule has 0 spiro atoms. The third-order valence-electron chi connectivity index (χ3n) is 4.34. The lowest BCUT2D eigenvalue weighted by Crippen LogP contribution is -2.23. The summed E-state index contributed by atoms with van der Waals surface area (Å²) in [4.78, 5) is 25.5. The Balaban J connectivity index is 1.95. The maximum absolute atomic E-state index is 12.8. The van der Waals surface area contributed by atoms with Gasteiger partial charge in [-0.2, -0.15) is 0 Å². The third-order valence-corrected chi connectivity index (χ3v) is 5.47. The standard InChI is InChI=1S/C19H19N3O4S/c1-13-17(19(24)22(21(13)2)15-7-5-4-6-8-15)20-18(23)14-9-11-16(12-10-14)27(3,25)26/h4-12H,1-3H3,(H,20,23). The summed E-state index contributed by atoms with van der Waals surface area (Å²) in [6, 6.07) is 14.7. The number of hydrogen-bond acceptors (Lipinski definition) is 4. The fourth-order valence-electron chi connectivity index (χ4n) is 2.75. The fourth-order valence-corrected chi connectivity index (χ4v) is 3.38. The van der Waals surface area contributed by atoms with Crippen LogP contribution >= 0.6 is 0 Å². The Hall–Kier alpha value is -3.13. The molecule has 1 amide bonds. The van der Waals surface area contributed by atoms with Crippen molar-refractivity contribution in [2.24, 2.45) is 7.05 Å². The predicted octanol–water partition coefficient (Wildman–Crippen LogP) is 2.14. The highest BCUT2D eigenvalue weighted by atomic mass is 32.2. The van der Waals surface area contributed by atoms with E-state index in [0.717, 1.165) is 6.26 Å². The first-order valence-electron chi connectivity index (χ1n) is 8.15. The highest BCUT2D eigenvalue weighted by Gasteiger charge is 2.19. The zero-order valence-corrected chi connectivity index (χ0v) is 15.9. The van der Waals surface area contributed by atoms with Gasteiger partial charge in [-0.25, -0.2) is 13.1 Å². The number of nitrogens with one attached hydrogen (secondary N) is 1. The maximum atomic E-state index is 12.8. The molecule has 3 aromatic rings. The number of anilines is 1. The second kappa shape index (κ2) is 6.88. The summed E-state index contributed by atoms with van der Waals surface area (Å²) < 4.78 is 26.2. The Bertz CT molecular complexity index is 1160. The summed E-state index contributed by atoms with van der Waals surface area (Å²) in [6.45, 7) is 1.74. The van der Waals surface area contributed by atoms with Gasteiger partial charge in [0.1, 0.15) is 5.69 Å². The molecule has 1 N–H and O–H groups in total. The van der Waals surface area contributed by atoms with Gasteiger partial charge in [-0.1, -0.05) is 18.2 Å². The van der Waals surface area contributed by atoms with Crippen molar-refractivity contribution >= 4 is 21.4 Å². The van der Waals surface area contributed by atoms with Gasteiger partial charge in [0.2, 0.25) is 0 Å². The van der Waals surface area contributed by atoms with Crippen molar-refractivity contribution in [1.82, 2.24) is 9.36 Å². The van der Waals surface area contributed by atoms with E-state index in [2.05, 4.69) is 5.32 Å². The van der Waals surface area contributed by atoms with Gasteiger partial charge < -0.3 is 5.32 Å². The van der Waals surface area contributed by atoms with Crippen LogP contribution in [0.5, 0.6) is 0 Å². The SMILES string of the molecule is Cc1c(NC(=O)c2ccc(S(C)(=O)=O)cc2)c(=O)n(-c2ccccc2)n1C. The molecule has 3 rings (SSSR count). The number of rotatable bonds is 4. The van der Waals surface area contributed by atoms with Gasteiger partial charge in [0, 0.05) is 18.9 Å². The summed E-state index contributed by atoms with van der Waals surface area (Å²) in [7, 11) is -1.60. The summed E-state index contributed by atoms with van der Waals surface area (Å²) in [6.07, 6.45) is 1.10. The van der Waals surface area contributed by atoms with Crippen LogP contribution < -0.4 is 10.9 Å². The van der Waals surface area contributed by atoms with Gasteiger partial charge in [-0.05, 0) is 43.3 Å². The van der Waals surface area contributed by atoms with Crippen molar-refractivity contribution < 1.29 is 13.2 Å². The lowest BCUT2D eigenvalue weighted by Gasteiger charge is -2.07. The Kier molecular flexibility index (Phi) is 4.75. The third kappa shape index (κ3) is 3.56. The molecule has 27 heavy (non-hydrogen) atoms. The lowest BCUT2D eigenvalue weighted by atomic mass is 10.2. The zero-order valence-electron chi connectivity index (χ0n) is 15.1. The number of amides is 1. The minimum Gasteiger partial charge on any atom is -0.316 e. The van der Waals surface area contributed by atoms with E-state index >= 15 is 0 Å². The number of para-hydroxylation sites is 1. The molecule has 2 aromatic carbocycles. The molecule has 1 aromatic heterocycles. The van der Waals surface area contributed by atoms with Crippen LogP contribution in [0.2, 0.25) is 0 Å². The van der Waals surface area contributed by atoms with E-state index in [1.54, 1.807) is 30.8 Å². The highest BCUT2D eigenvalue weighted by molar-refractivity contribution is 7.90. The second-order valence-corrected chi connectivity index (χ2v) is 8.20. The first kappa shape index (κ1) is 18.7. The van der Waals surface area contributed by atoms with Gasteiger partial charge in [0.25, 0.3) is 11.5 Å². The number of sulfone groups is 1. The van der Waals surface area contributed by atoms with Crippen molar-refractivity contribution in [1.29, 1.82) is 0 Å². The number of hydrogen-bond donors (Lipinski definition) is 1. The largest absolute Gasteiger partial charge is 0.316 e. The minimum atomic E-state index is -3.34. The van der Waals surface area contributed by atoms with Crippen LogP contribution in [0.15, 0.2) is 64.3 Å². The molecule has 0 aliphatic rings. The highest BCUT2D eigenvalue weighted by Crippen LogP contribution is 2.16. The molecule has 0 fully saturated rings. The van der Waals surface area contributed by atoms with E-state index in [1.165, 1.54) is 28.9 Å². The Labute approximate surface area is 156 Å². The van der Waals surface area contributed by atoms with Crippen LogP contribution in [0.4, 0.5) is 5.69 Å². The molecule has 0 bridgehead atoms. The number of carbonyl (C=O) groups is 1. The van der Waals surface area contributed by atoms with Crippen molar-refractivity contribution in [2.75, 3.05) is 11.6 Å². The number of benzene rings is 2. The van der Waals surface area contributed by atoms with Gasteiger partial charge >= 0.3 is 0 Å². The molecular formula is C19H19N3O4S. The summed E-state index contributed by atoms with van der Waals surface area (Å²) in [5, 5.41) is 2.64. The van der Waals surface area contributed by atoms with Crippen LogP contribution in [0, 0.1) is 6.92 Å². The fraction of sp³-hybridized carbons (Fsp3) is 0.158. The molecule has 0 atom stereocenters. The van der Waals surface area contributed by atoms with Crippen LogP contribution in [0.3, 0.4) is 0 Å². The molecular weight excluding hydrogens is 366 g/mol. The monoisotopic (exact) mass is 385 g/mol. The molecule has 0 unspecified atom stereocenters. The van der Waals surface area contributed by atoms with Crippen LogP contribution in [0.25, 0.3) is 5.69 Å². The zero-order chi connectivity index (χ0) is 19.8. The lowest BCUT2D eigenvalue weighted by molar-refractivity contribution is 0.102.